The largest absolute Gasteiger partial charge is 0.445 e. The Kier molecular flexibility index (Phi) is 3.11. The fraction of sp³-hybridized carbons (Fsp3) is 0.375. The molecule has 0 radical (unpaired) electrons. The Hall–Kier alpha value is -1.84. The van der Waals surface area contributed by atoms with E-state index < -0.39 is 11.2 Å². The van der Waals surface area contributed by atoms with Gasteiger partial charge in [0.1, 0.15) is 5.82 Å². The van der Waals surface area contributed by atoms with Crippen molar-refractivity contribution in [3.05, 3.63) is 16.8 Å². The minimum absolute atomic E-state index is 0.0885. The van der Waals surface area contributed by atoms with E-state index >= 15 is 0 Å². The molecule has 6 nitrogen and oxygen atoms in total. The van der Waals surface area contributed by atoms with Gasteiger partial charge in [-0.1, -0.05) is 11.3 Å². The minimum Gasteiger partial charge on any atom is -0.384 e. The zero-order valence-electron chi connectivity index (χ0n) is 9.19. The molecule has 0 unspecified atom stereocenters. The maximum atomic E-state index is 12.3. The second-order valence-corrected chi connectivity index (χ2v) is 4.42. The first kappa shape index (κ1) is 12.6. The van der Waals surface area contributed by atoms with Crippen molar-refractivity contribution in [2.24, 2.45) is 7.05 Å². The minimum atomic E-state index is -4.47. The summed E-state index contributed by atoms with van der Waals surface area (Å²) < 4.78 is 38.3. The quantitative estimate of drug-likeness (QED) is 0.888. The molecule has 3 N–H and O–H groups in total. The maximum Gasteiger partial charge on any atom is 0.445 e. The molecule has 0 aliphatic rings. The number of nitrogens with zero attached hydrogens (tertiary/aromatic N) is 4. The van der Waals surface area contributed by atoms with Crippen molar-refractivity contribution in [1.82, 2.24) is 20.0 Å². The Morgan fingerprint density at radius 3 is 2.67 bits per heavy atom. The number of hydrogen-bond acceptors (Lipinski definition) is 6. The van der Waals surface area contributed by atoms with Crippen molar-refractivity contribution in [3.8, 4) is 0 Å². The molecule has 2 heterocycles. The molecule has 0 amide bonds. The fourth-order valence-corrected chi connectivity index (χ4v) is 1.82. The summed E-state index contributed by atoms with van der Waals surface area (Å²) in [4.78, 5) is 0. The van der Waals surface area contributed by atoms with Gasteiger partial charge in [-0.15, -0.1) is 10.2 Å². The summed E-state index contributed by atoms with van der Waals surface area (Å²) in [6, 6.07) is 0. The van der Waals surface area contributed by atoms with Crippen LogP contribution >= 0.6 is 11.3 Å². The summed E-state index contributed by atoms with van der Waals surface area (Å²) in [6.07, 6.45) is -2.93. The van der Waals surface area contributed by atoms with E-state index in [0.29, 0.717) is 22.7 Å². The Labute approximate surface area is 104 Å². The topological polar surface area (TPSA) is 81.7 Å². The summed E-state index contributed by atoms with van der Waals surface area (Å²) in [5.41, 5.74) is 6.37. The molecule has 0 spiro atoms. The fourth-order valence-electron chi connectivity index (χ4n) is 1.21. The number of aromatic nitrogens is 4. The average molecular weight is 278 g/mol. The lowest BCUT2D eigenvalue weighted by atomic mass is 10.3. The molecule has 0 aliphatic carbocycles. The molecule has 0 aliphatic heterocycles. The zero-order chi connectivity index (χ0) is 13.3. The first-order chi connectivity index (χ1) is 8.38. The number of hydrogen-bond donors (Lipinski definition) is 2. The maximum absolute atomic E-state index is 12.3. The van der Waals surface area contributed by atoms with Gasteiger partial charge in [0.05, 0.1) is 6.20 Å². The van der Waals surface area contributed by atoms with Gasteiger partial charge in [-0.2, -0.15) is 18.3 Å². The number of halogens is 3. The van der Waals surface area contributed by atoms with Crippen LogP contribution in [0.3, 0.4) is 0 Å². The Balaban J connectivity index is 2.03. The van der Waals surface area contributed by atoms with Crippen molar-refractivity contribution >= 4 is 22.3 Å². The lowest BCUT2D eigenvalue weighted by Crippen LogP contribution is -2.03. The van der Waals surface area contributed by atoms with Gasteiger partial charge in [0, 0.05) is 19.2 Å². The van der Waals surface area contributed by atoms with Gasteiger partial charge in [0.15, 0.2) is 0 Å². The van der Waals surface area contributed by atoms with E-state index in [1.807, 2.05) is 0 Å². The van der Waals surface area contributed by atoms with Gasteiger partial charge < -0.3 is 11.1 Å². The van der Waals surface area contributed by atoms with Gasteiger partial charge >= 0.3 is 6.18 Å². The van der Waals surface area contributed by atoms with Crippen LogP contribution in [0.5, 0.6) is 0 Å². The normalized spacial score (nSPS) is 11.8. The van der Waals surface area contributed by atoms with Crippen LogP contribution in [0.1, 0.15) is 10.6 Å². The van der Waals surface area contributed by atoms with E-state index in [9.17, 15) is 13.2 Å². The third-order valence-corrected chi connectivity index (χ3v) is 3.09. The molecular weight excluding hydrogens is 269 g/mol. The number of nitrogens with one attached hydrogen (secondary N) is 1. The van der Waals surface area contributed by atoms with Crippen LogP contribution in [0.4, 0.5) is 24.1 Å². The highest BCUT2D eigenvalue weighted by atomic mass is 32.1. The second kappa shape index (κ2) is 4.44. The number of nitrogens with two attached hydrogens (primary N) is 1. The first-order valence-electron chi connectivity index (χ1n) is 4.79. The summed E-state index contributed by atoms with van der Waals surface area (Å²) in [5.74, 6) is 0.447. The second-order valence-electron chi connectivity index (χ2n) is 3.44. The summed E-state index contributed by atoms with van der Waals surface area (Å²) in [7, 11) is 1.67. The molecule has 0 aromatic carbocycles. The van der Waals surface area contributed by atoms with E-state index in [0.717, 1.165) is 0 Å². The van der Waals surface area contributed by atoms with Crippen LogP contribution in [-0.4, -0.2) is 20.0 Å². The van der Waals surface area contributed by atoms with Crippen molar-refractivity contribution in [3.63, 3.8) is 0 Å². The number of aryl methyl sites for hydroxylation is 1. The first-order valence-corrected chi connectivity index (χ1v) is 5.60. The molecule has 0 fully saturated rings. The summed E-state index contributed by atoms with van der Waals surface area (Å²) in [6.45, 7) is 0.242. The van der Waals surface area contributed by atoms with E-state index in [2.05, 4.69) is 20.6 Å². The van der Waals surface area contributed by atoms with Gasteiger partial charge in [0.25, 0.3) is 0 Å². The lowest BCUT2D eigenvalue weighted by Gasteiger charge is -2.01. The van der Waals surface area contributed by atoms with E-state index in [1.54, 1.807) is 7.05 Å². The van der Waals surface area contributed by atoms with Crippen LogP contribution in [0.2, 0.25) is 0 Å². The molecule has 0 saturated carbocycles. The highest BCUT2D eigenvalue weighted by molar-refractivity contribution is 7.15. The van der Waals surface area contributed by atoms with Crippen molar-refractivity contribution in [2.75, 3.05) is 11.1 Å². The SMILES string of the molecule is Cn1ncc(CNc2nnc(C(F)(F)F)s2)c1N. The molecule has 0 saturated heterocycles. The van der Waals surface area contributed by atoms with Crippen LogP contribution in [0, 0.1) is 0 Å². The Bertz CT molecular complexity index is 545. The van der Waals surface area contributed by atoms with Gasteiger partial charge in [-0.3, -0.25) is 4.68 Å². The third kappa shape index (κ3) is 2.53. The molecule has 2 aromatic rings. The lowest BCUT2D eigenvalue weighted by molar-refractivity contribution is -0.138. The average Bonchev–Trinajstić information content (AvgIpc) is 2.86. The number of anilines is 2. The molecule has 0 atom stereocenters. The molecule has 18 heavy (non-hydrogen) atoms. The predicted octanol–water partition coefficient (Wildman–Crippen LogP) is 1.48. The standard InChI is InChI=1S/C8H9F3N6S/c1-17-5(12)4(3-14-17)2-13-7-16-15-6(18-7)8(9,10)11/h3H,2,12H2,1H3,(H,13,16). The van der Waals surface area contributed by atoms with E-state index in [-0.39, 0.29) is 11.7 Å². The van der Waals surface area contributed by atoms with Gasteiger partial charge in [0.2, 0.25) is 10.1 Å². The van der Waals surface area contributed by atoms with E-state index in [4.69, 9.17) is 5.73 Å². The highest BCUT2D eigenvalue weighted by Gasteiger charge is 2.35. The predicted molar refractivity (Wildman–Crippen MR) is 59.9 cm³/mol. The molecule has 10 heteroatoms. The van der Waals surface area contributed by atoms with E-state index in [1.165, 1.54) is 10.9 Å². The zero-order valence-corrected chi connectivity index (χ0v) is 10.0. The Morgan fingerprint density at radius 1 is 1.44 bits per heavy atom. The molecule has 0 bridgehead atoms. The monoisotopic (exact) mass is 278 g/mol. The van der Waals surface area contributed by atoms with Crippen LogP contribution in [0.25, 0.3) is 0 Å². The smallest absolute Gasteiger partial charge is 0.384 e. The number of nitrogen functional groups attached to an aromatic ring is 1. The van der Waals surface area contributed by atoms with Crippen molar-refractivity contribution in [2.45, 2.75) is 12.7 Å². The summed E-state index contributed by atoms with van der Waals surface area (Å²) in [5, 5.41) is 12.2. The van der Waals surface area contributed by atoms with Crippen LogP contribution in [-0.2, 0) is 19.8 Å². The molecular formula is C8H9F3N6S. The van der Waals surface area contributed by atoms with Crippen LogP contribution in [0.15, 0.2) is 6.20 Å². The van der Waals surface area contributed by atoms with Gasteiger partial charge in [-0.05, 0) is 0 Å². The number of rotatable bonds is 3. The number of alkyl halides is 3. The molecule has 2 aromatic heterocycles. The highest BCUT2D eigenvalue weighted by Crippen LogP contribution is 2.33. The third-order valence-electron chi connectivity index (χ3n) is 2.16. The molecule has 2 rings (SSSR count). The van der Waals surface area contributed by atoms with Crippen LogP contribution < -0.4 is 11.1 Å². The van der Waals surface area contributed by atoms with Crippen molar-refractivity contribution < 1.29 is 13.2 Å². The van der Waals surface area contributed by atoms with Crippen molar-refractivity contribution in [1.29, 1.82) is 0 Å². The Morgan fingerprint density at radius 2 is 2.17 bits per heavy atom. The summed E-state index contributed by atoms with van der Waals surface area (Å²) >= 11 is 0.445. The van der Waals surface area contributed by atoms with Gasteiger partial charge in [-0.25, -0.2) is 0 Å². The molecule has 98 valence electrons.